The second-order valence-corrected chi connectivity index (χ2v) is 3.43. The van der Waals surface area contributed by atoms with Crippen molar-refractivity contribution in [2.24, 2.45) is 0 Å². The van der Waals surface area contributed by atoms with E-state index in [0.29, 0.717) is 0 Å². The van der Waals surface area contributed by atoms with Gasteiger partial charge in [-0.2, -0.15) is 8.78 Å². The van der Waals surface area contributed by atoms with Gasteiger partial charge in [-0.3, -0.25) is 0 Å². The van der Waals surface area contributed by atoms with Crippen LogP contribution in [0.1, 0.15) is 13.3 Å². The summed E-state index contributed by atoms with van der Waals surface area (Å²) in [7, 11) is 0. The fourth-order valence-corrected chi connectivity index (χ4v) is 0.481. The molecule has 0 aliphatic rings. The van der Waals surface area contributed by atoms with Gasteiger partial charge in [0.15, 0.2) is 0 Å². The summed E-state index contributed by atoms with van der Waals surface area (Å²) >= 11 is 6.55. The van der Waals surface area contributed by atoms with Crippen molar-refractivity contribution in [3.8, 4) is 0 Å². The van der Waals surface area contributed by atoms with Gasteiger partial charge >= 0.3 is 11.0 Å². The molecule has 0 aromatic rings. The summed E-state index contributed by atoms with van der Waals surface area (Å²) in [5, 5.41) is 11.0. The van der Waals surface area contributed by atoms with Crippen LogP contribution >= 0.6 is 27.5 Å². The van der Waals surface area contributed by atoms with Crippen molar-refractivity contribution in [3.63, 3.8) is 0 Å². The number of alkyl halides is 5. The summed E-state index contributed by atoms with van der Waals surface area (Å²) < 4.78 is 36.1. The zero-order valence-corrected chi connectivity index (χ0v) is 8.74. The molecular formula is C5H7BrClF3O3. The van der Waals surface area contributed by atoms with Gasteiger partial charge < -0.3 is 10.2 Å². The summed E-state index contributed by atoms with van der Waals surface area (Å²) in [5.41, 5.74) is 0. The van der Waals surface area contributed by atoms with E-state index < -0.39 is 22.5 Å². The molecule has 0 fully saturated rings. The van der Waals surface area contributed by atoms with Gasteiger partial charge in [-0.25, -0.2) is 9.18 Å². The van der Waals surface area contributed by atoms with Crippen LogP contribution in [0.2, 0.25) is 0 Å². The van der Waals surface area contributed by atoms with E-state index >= 15 is 0 Å². The van der Waals surface area contributed by atoms with E-state index in [4.69, 9.17) is 26.6 Å². The van der Waals surface area contributed by atoms with E-state index in [2.05, 4.69) is 0 Å². The van der Waals surface area contributed by atoms with E-state index in [1.807, 2.05) is 15.9 Å². The van der Waals surface area contributed by atoms with Crippen LogP contribution in [0.5, 0.6) is 0 Å². The molecule has 8 heteroatoms. The molecule has 80 valence electrons. The Kier molecular flexibility index (Phi) is 6.52. The molecule has 1 atom stereocenters. The molecule has 0 rings (SSSR count). The first kappa shape index (κ1) is 15.3. The van der Waals surface area contributed by atoms with Crippen molar-refractivity contribution in [1.82, 2.24) is 0 Å². The normalized spacial score (nSPS) is 15.2. The minimum Gasteiger partial charge on any atom is -0.450 e. The average molecular weight is 287 g/mol. The van der Waals surface area contributed by atoms with Crippen LogP contribution in [-0.4, -0.2) is 26.3 Å². The Bertz CT molecular complexity index is 167. The number of carboxylic acid groups (broad SMARTS) is 2. The molecule has 2 N–H and O–H groups in total. The van der Waals surface area contributed by atoms with Crippen molar-refractivity contribution < 1.29 is 28.2 Å². The Hall–Kier alpha value is -0.170. The maximum Gasteiger partial charge on any atom is 0.503 e. The third-order valence-corrected chi connectivity index (χ3v) is 2.22. The highest BCUT2D eigenvalue weighted by Crippen LogP contribution is 2.43. The van der Waals surface area contributed by atoms with Crippen molar-refractivity contribution in [3.05, 3.63) is 0 Å². The van der Waals surface area contributed by atoms with E-state index in [1.165, 1.54) is 6.92 Å². The van der Waals surface area contributed by atoms with E-state index in [9.17, 15) is 13.2 Å². The number of halogens is 5. The first-order valence-corrected chi connectivity index (χ1v) is 4.08. The highest BCUT2D eigenvalue weighted by Gasteiger charge is 2.50. The van der Waals surface area contributed by atoms with Crippen LogP contribution < -0.4 is 0 Å². The minimum absolute atomic E-state index is 0.438. The molecule has 0 amide bonds. The summed E-state index contributed by atoms with van der Waals surface area (Å²) in [6.45, 7) is 1.24. The highest BCUT2D eigenvalue weighted by molar-refractivity contribution is 9.10. The summed E-state index contributed by atoms with van der Waals surface area (Å²) in [4.78, 5) is 4.91. The predicted molar refractivity (Wildman–Crippen MR) is 44.5 cm³/mol. The Morgan fingerprint density at radius 2 is 1.69 bits per heavy atom. The number of hydrogen-bond acceptors (Lipinski definition) is 1. The first-order valence-electron chi connectivity index (χ1n) is 2.91. The van der Waals surface area contributed by atoms with Crippen molar-refractivity contribution in [1.29, 1.82) is 0 Å². The van der Waals surface area contributed by atoms with Crippen LogP contribution in [-0.2, 0) is 0 Å². The molecule has 0 spiro atoms. The summed E-state index contributed by atoms with van der Waals surface area (Å²) in [6, 6.07) is 0. The zero-order chi connectivity index (χ0) is 11.3. The van der Waals surface area contributed by atoms with Gasteiger partial charge in [-0.15, -0.1) is 0 Å². The third kappa shape index (κ3) is 8.17. The molecule has 0 aromatic carbocycles. The second kappa shape index (κ2) is 5.54. The van der Waals surface area contributed by atoms with Crippen LogP contribution in [0, 0.1) is 0 Å². The maximum atomic E-state index is 12.3. The van der Waals surface area contributed by atoms with Gasteiger partial charge in [0, 0.05) is 0 Å². The van der Waals surface area contributed by atoms with E-state index in [1.54, 1.807) is 0 Å². The Labute approximate surface area is 85.6 Å². The lowest BCUT2D eigenvalue weighted by atomic mass is 10.3. The molecule has 0 saturated carbocycles. The molecule has 1 unspecified atom stereocenters. The molecule has 0 radical (unpaired) electrons. The average Bonchev–Trinajstić information content (AvgIpc) is 1.84. The zero-order valence-electron chi connectivity index (χ0n) is 6.40. The number of carbonyl (C=O) groups is 1. The minimum atomic E-state index is -3.64. The maximum absolute atomic E-state index is 12.3. The molecule has 3 nitrogen and oxygen atoms in total. The van der Waals surface area contributed by atoms with Crippen LogP contribution in [0.4, 0.5) is 18.0 Å². The van der Waals surface area contributed by atoms with E-state index in [0.717, 1.165) is 0 Å². The standard InChI is InChI=1S/C4H5BrClF3.CH2O3/c1-2-3(6,7)4(5,8)9;2-1(3)4/h2H2,1H3;(H2,2,3,4). The number of rotatable bonds is 2. The lowest BCUT2D eigenvalue weighted by Crippen LogP contribution is -2.32. The van der Waals surface area contributed by atoms with Gasteiger partial charge in [-0.05, 0) is 22.4 Å². The van der Waals surface area contributed by atoms with Gasteiger partial charge in [-0.1, -0.05) is 18.5 Å². The van der Waals surface area contributed by atoms with Gasteiger partial charge in [0.05, 0.1) is 0 Å². The topological polar surface area (TPSA) is 57.5 Å². The molecule has 0 aromatic heterocycles. The Morgan fingerprint density at radius 3 is 1.69 bits per heavy atom. The fourth-order valence-electron chi connectivity index (χ4n) is 0.200. The molecule has 0 saturated heterocycles. The fraction of sp³-hybridized carbons (Fsp3) is 0.800. The van der Waals surface area contributed by atoms with Crippen LogP contribution in [0.25, 0.3) is 0 Å². The molecule has 13 heavy (non-hydrogen) atoms. The van der Waals surface area contributed by atoms with Crippen LogP contribution in [0.3, 0.4) is 0 Å². The van der Waals surface area contributed by atoms with Gasteiger partial charge in [0.1, 0.15) is 0 Å². The molecule has 0 aliphatic heterocycles. The van der Waals surface area contributed by atoms with E-state index in [-0.39, 0.29) is 0 Å². The largest absolute Gasteiger partial charge is 0.503 e. The van der Waals surface area contributed by atoms with Crippen molar-refractivity contribution >= 4 is 33.7 Å². The molecule has 0 bridgehead atoms. The quantitative estimate of drug-likeness (QED) is 0.764. The first-order chi connectivity index (χ1) is 5.54. The van der Waals surface area contributed by atoms with Gasteiger partial charge in [0.25, 0.3) is 5.13 Å². The number of hydrogen-bond donors (Lipinski definition) is 2. The van der Waals surface area contributed by atoms with Crippen molar-refractivity contribution in [2.75, 3.05) is 0 Å². The molecule has 0 heterocycles. The lowest BCUT2D eigenvalue weighted by molar-refractivity contribution is -0.00678. The molecular weight excluding hydrogens is 280 g/mol. The van der Waals surface area contributed by atoms with Crippen LogP contribution in [0.15, 0.2) is 0 Å². The highest BCUT2D eigenvalue weighted by atomic mass is 79.9. The second-order valence-electron chi connectivity index (χ2n) is 1.84. The predicted octanol–water partition coefficient (Wildman–Crippen LogP) is 3.51. The SMILES string of the molecule is CCC(F)(Cl)C(F)(F)Br.O=C(O)O. The smallest absolute Gasteiger partial charge is 0.450 e. The summed E-state index contributed by atoms with van der Waals surface area (Å²) in [6.07, 6.45) is -2.27. The van der Waals surface area contributed by atoms with Gasteiger partial charge in [0.2, 0.25) is 0 Å². The van der Waals surface area contributed by atoms with Crippen molar-refractivity contribution in [2.45, 2.75) is 23.3 Å². The Balaban J connectivity index is 0. The third-order valence-electron chi connectivity index (χ3n) is 0.859. The summed E-state index contributed by atoms with van der Waals surface area (Å²) in [5.74, 6) is 0. The molecule has 0 aliphatic carbocycles. The lowest BCUT2D eigenvalue weighted by Gasteiger charge is -2.20. The monoisotopic (exact) mass is 286 g/mol. The Morgan fingerprint density at radius 1 is 1.46 bits per heavy atom.